The summed E-state index contributed by atoms with van der Waals surface area (Å²) in [5.41, 5.74) is 0.490. The molecule has 0 unspecified atom stereocenters. The number of nitrogens with one attached hydrogen (secondary N) is 1. The Labute approximate surface area is 114 Å². The van der Waals surface area contributed by atoms with E-state index in [2.05, 4.69) is 20.0 Å². The summed E-state index contributed by atoms with van der Waals surface area (Å²) in [4.78, 5) is 7.68. The highest BCUT2D eigenvalue weighted by atomic mass is 19.3. The quantitative estimate of drug-likeness (QED) is 0.820. The summed E-state index contributed by atoms with van der Waals surface area (Å²) >= 11 is 0. The van der Waals surface area contributed by atoms with Crippen LogP contribution in [0.5, 0.6) is 5.88 Å². The zero-order valence-corrected chi connectivity index (χ0v) is 11.5. The normalized spacial score (nSPS) is 12.8. The zero-order valence-electron chi connectivity index (χ0n) is 11.5. The maximum atomic E-state index is 12.6. The lowest BCUT2D eigenvalue weighted by atomic mass is 10.1. The van der Waals surface area contributed by atoms with Gasteiger partial charge in [0.15, 0.2) is 6.61 Å². The van der Waals surface area contributed by atoms with Crippen molar-refractivity contribution in [2.45, 2.75) is 45.2 Å². The summed E-state index contributed by atoms with van der Waals surface area (Å²) < 4.78 is 53.6. The highest BCUT2D eigenvalue weighted by molar-refractivity contribution is 5.07. The van der Waals surface area contributed by atoms with Gasteiger partial charge < -0.3 is 10.1 Å². The fraction of sp³-hybridized carbons (Fsp3) is 0.667. The molecule has 4 nitrogen and oxygen atoms in total. The molecule has 0 spiro atoms. The Morgan fingerprint density at radius 2 is 1.85 bits per heavy atom. The molecule has 0 radical (unpaired) electrons. The minimum atomic E-state index is -4.20. The van der Waals surface area contributed by atoms with Crippen LogP contribution < -0.4 is 10.1 Å². The van der Waals surface area contributed by atoms with Crippen LogP contribution in [0.4, 0.5) is 17.6 Å². The minimum absolute atomic E-state index is 0.101. The van der Waals surface area contributed by atoms with Crippen LogP contribution in [0.3, 0.4) is 0 Å². The number of rotatable bonds is 6. The molecule has 1 aromatic heterocycles. The van der Waals surface area contributed by atoms with E-state index in [9.17, 15) is 17.6 Å². The van der Waals surface area contributed by atoms with Crippen molar-refractivity contribution in [1.82, 2.24) is 15.3 Å². The van der Waals surface area contributed by atoms with E-state index in [0.717, 1.165) is 6.20 Å². The molecule has 0 saturated heterocycles. The molecule has 0 aromatic carbocycles. The van der Waals surface area contributed by atoms with Gasteiger partial charge in [-0.05, 0) is 20.8 Å². The van der Waals surface area contributed by atoms with Crippen LogP contribution >= 0.6 is 0 Å². The SMILES string of the molecule is CC(C)(C)NCc1cnc(OCC(F)(F)C(F)F)cn1. The molecule has 1 heterocycles. The van der Waals surface area contributed by atoms with Gasteiger partial charge in [-0.1, -0.05) is 0 Å². The number of aromatic nitrogens is 2. The molecule has 1 N–H and O–H groups in total. The average Bonchev–Trinajstić information content (AvgIpc) is 2.34. The van der Waals surface area contributed by atoms with E-state index in [-0.39, 0.29) is 11.4 Å². The van der Waals surface area contributed by atoms with Crippen molar-refractivity contribution in [2.75, 3.05) is 6.61 Å². The third-order valence-electron chi connectivity index (χ3n) is 2.21. The molecule has 0 atom stereocenters. The van der Waals surface area contributed by atoms with E-state index < -0.39 is 19.0 Å². The summed E-state index contributed by atoms with van der Waals surface area (Å²) in [5.74, 6) is -4.42. The monoisotopic (exact) mass is 295 g/mol. The number of ether oxygens (including phenoxy) is 1. The van der Waals surface area contributed by atoms with E-state index in [1.807, 2.05) is 20.8 Å². The number of hydrogen-bond donors (Lipinski definition) is 1. The fourth-order valence-corrected chi connectivity index (χ4v) is 1.10. The second kappa shape index (κ2) is 6.34. The van der Waals surface area contributed by atoms with Crippen molar-refractivity contribution >= 4 is 0 Å². The number of alkyl halides is 4. The van der Waals surface area contributed by atoms with E-state index in [0.29, 0.717) is 12.2 Å². The second-order valence-corrected chi connectivity index (χ2v) is 5.30. The van der Waals surface area contributed by atoms with Crippen LogP contribution in [-0.2, 0) is 6.54 Å². The van der Waals surface area contributed by atoms with Gasteiger partial charge in [0.1, 0.15) is 0 Å². The number of nitrogens with zero attached hydrogens (tertiary/aromatic N) is 2. The first-order chi connectivity index (χ1) is 9.10. The van der Waals surface area contributed by atoms with Gasteiger partial charge in [0, 0.05) is 12.1 Å². The topological polar surface area (TPSA) is 47.0 Å². The third kappa shape index (κ3) is 5.68. The van der Waals surface area contributed by atoms with Crippen molar-refractivity contribution in [3.8, 4) is 5.88 Å². The van der Waals surface area contributed by atoms with Gasteiger partial charge in [-0.15, -0.1) is 0 Å². The molecule has 0 saturated carbocycles. The summed E-state index contributed by atoms with van der Waals surface area (Å²) in [6, 6.07) is 0. The van der Waals surface area contributed by atoms with Crippen LogP contribution in [0.15, 0.2) is 12.4 Å². The Morgan fingerprint density at radius 3 is 2.30 bits per heavy atom. The number of halogens is 4. The number of hydrogen-bond acceptors (Lipinski definition) is 4. The Morgan fingerprint density at radius 1 is 1.20 bits per heavy atom. The maximum absolute atomic E-state index is 12.6. The molecule has 0 bridgehead atoms. The highest BCUT2D eigenvalue weighted by Gasteiger charge is 2.41. The molecule has 0 aliphatic heterocycles. The molecule has 1 aromatic rings. The Bertz CT molecular complexity index is 418. The predicted octanol–water partition coefficient (Wildman–Crippen LogP) is 2.64. The highest BCUT2D eigenvalue weighted by Crippen LogP contribution is 2.23. The molecular weight excluding hydrogens is 278 g/mol. The first-order valence-electron chi connectivity index (χ1n) is 5.95. The van der Waals surface area contributed by atoms with E-state index >= 15 is 0 Å². The van der Waals surface area contributed by atoms with Crippen LogP contribution in [0, 0.1) is 0 Å². The minimum Gasteiger partial charge on any atom is -0.470 e. The lowest BCUT2D eigenvalue weighted by Gasteiger charge is -2.20. The van der Waals surface area contributed by atoms with Gasteiger partial charge in [0.2, 0.25) is 5.88 Å². The van der Waals surface area contributed by atoms with E-state index in [4.69, 9.17) is 0 Å². The van der Waals surface area contributed by atoms with Crippen molar-refractivity contribution in [3.05, 3.63) is 18.1 Å². The van der Waals surface area contributed by atoms with Gasteiger partial charge in [0.05, 0.1) is 18.1 Å². The molecule has 8 heteroatoms. The smallest absolute Gasteiger partial charge is 0.340 e. The predicted molar refractivity (Wildman–Crippen MR) is 65.1 cm³/mol. The average molecular weight is 295 g/mol. The van der Waals surface area contributed by atoms with Gasteiger partial charge in [-0.25, -0.2) is 13.8 Å². The van der Waals surface area contributed by atoms with Crippen molar-refractivity contribution in [1.29, 1.82) is 0 Å². The fourth-order valence-electron chi connectivity index (χ4n) is 1.10. The molecule has 0 aliphatic rings. The van der Waals surface area contributed by atoms with Crippen molar-refractivity contribution < 1.29 is 22.3 Å². The van der Waals surface area contributed by atoms with Crippen LogP contribution in [0.2, 0.25) is 0 Å². The zero-order chi connectivity index (χ0) is 15.4. The second-order valence-electron chi connectivity index (χ2n) is 5.30. The van der Waals surface area contributed by atoms with E-state index in [1.54, 1.807) is 0 Å². The molecule has 0 aliphatic carbocycles. The van der Waals surface area contributed by atoms with Crippen LogP contribution in [0.25, 0.3) is 0 Å². The van der Waals surface area contributed by atoms with Crippen LogP contribution in [-0.4, -0.2) is 34.5 Å². The molecule has 0 amide bonds. The van der Waals surface area contributed by atoms with Crippen molar-refractivity contribution in [2.24, 2.45) is 0 Å². The molecule has 1 rings (SSSR count). The van der Waals surface area contributed by atoms with Gasteiger partial charge in [0.25, 0.3) is 0 Å². The lowest BCUT2D eigenvalue weighted by Crippen LogP contribution is -2.35. The molecular formula is C12H17F4N3O. The third-order valence-corrected chi connectivity index (χ3v) is 2.21. The summed E-state index contributed by atoms with van der Waals surface area (Å²) in [7, 11) is 0. The standard InChI is InChI=1S/C12H17F4N3O/c1-11(2,3)19-5-8-4-18-9(6-17-8)20-7-12(15,16)10(13)14/h4,6,10,19H,5,7H2,1-3H3. The largest absolute Gasteiger partial charge is 0.470 e. The van der Waals surface area contributed by atoms with Gasteiger partial charge in [-0.3, -0.25) is 4.98 Å². The first kappa shape index (κ1) is 16.6. The molecule has 114 valence electrons. The Balaban J connectivity index is 2.51. The molecule has 0 fully saturated rings. The van der Waals surface area contributed by atoms with E-state index in [1.165, 1.54) is 6.20 Å². The van der Waals surface area contributed by atoms with Gasteiger partial charge >= 0.3 is 12.3 Å². The summed E-state index contributed by atoms with van der Waals surface area (Å²) in [6.07, 6.45) is -1.30. The van der Waals surface area contributed by atoms with Crippen molar-refractivity contribution in [3.63, 3.8) is 0 Å². The summed E-state index contributed by atoms with van der Waals surface area (Å²) in [5, 5.41) is 3.17. The Hall–Kier alpha value is -1.44. The lowest BCUT2D eigenvalue weighted by molar-refractivity contribution is -0.148. The maximum Gasteiger partial charge on any atom is 0.340 e. The first-order valence-corrected chi connectivity index (χ1v) is 5.95. The van der Waals surface area contributed by atoms with Crippen LogP contribution in [0.1, 0.15) is 26.5 Å². The molecule has 20 heavy (non-hydrogen) atoms. The Kier molecular flexibility index (Phi) is 5.27. The summed E-state index contributed by atoms with van der Waals surface area (Å²) in [6.45, 7) is 4.95. The van der Waals surface area contributed by atoms with Gasteiger partial charge in [-0.2, -0.15) is 8.78 Å².